The minimum atomic E-state index is -0.983. The summed E-state index contributed by atoms with van der Waals surface area (Å²) in [6.07, 6.45) is 0.183. The zero-order valence-corrected chi connectivity index (χ0v) is 13.3. The number of rotatable bonds is 7. The smallest absolute Gasteiger partial charge is 0.307 e. The Kier molecular flexibility index (Phi) is 5.86. The van der Waals surface area contributed by atoms with Gasteiger partial charge in [-0.05, 0) is 19.1 Å². The number of ether oxygens (including phenoxy) is 1. The summed E-state index contributed by atoms with van der Waals surface area (Å²) in [6, 6.07) is 3.24. The Morgan fingerprint density at radius 3 is 2.78 bits per heavy atom. The molecule has 0 atom stereocenters. The number of hydrogen-bond acceptors (Lipinski definition) is 4. The zero-order chi connectivity index (χ0) is 16.8. The number of aryl methyl sites for hydroxylation is 1. The van der Waals surface area contributed by atoms with Gasteiger partial charge in [-0.15, -0.1) is 0 Å². The van der Waals surface area contributed by atoms with Crippen molar-refractivity contribution in [1.29, 1.82) is 0 Å². The van der Waals surface area contributed by atoms with Gasteiger partial charge >= 0.3 is 4.87 Å². The van der Waals surface area contributed by atoms with Crippen LogP contribution >= 0.6 is 11.3 Å². The van der Waals surface area contributed by atoms with E-state index < -0.39 is 11.6 Å². The van der Waals surface area contributed by atoms with Crippen LogP contribution in [-0.4, -0.2) is 23.6 Å². The number of nitrogens with one attached hydrogen (secondary N) is 1. The van der Waals surface area contributed by atoms with E-state index in [9.17, 15) is 18.4 Å². The number of benzene rings is 1. The van der Waals surface area contributed by atoms with Crippen molar-refractivity contribution in [3.8, 4) is 5.75 Å². The summed E-state index contributed by atoms with van der Waals surface area (Å²) in [5, 5.41) is 4.38. The van der Waals surface area contributed by atoms with E-state index in [4.69, 9.17) is 4.74 Å². The first-order valence-corrected chi connectivity index (χ1v) is 7.85. The molecule has 1 aromatic heterocycles. The molecule has 0 radical (unpaired) electrons. The molecule has 1 aromatic carbocycles. The molecular formula is C15H16F2N2O3S. The Morgan fingerprint density at radius 1 is 1.35 bits per heavy atom. The van der Waals surface area contributed by atoms with Crippen molar-refractivity contribution in [3.63, 3.8) is 0 Å². The van der Waals surface area contributed by atoms with Crippen molar-refractivity contribution in [2.75, 3.05) is 13.2 Å². The van der Waals surface area contributed by atoms with Crippen LogP contribution in [0.3, 0.4) is 0 Å². The zero-order valence-electron chi connectivity index (χ0n) is 12.5. The second-order valence-electron chi connectivity index (χ2n) is 4.82. The number of carbonyl (C=O) groups excluding carboxylic acids is 1. The Bertz CT molecular complexity index is 743. The second-order valence-corrected chi connectivity index (χ2v) is 5.64. The summed E-state index contributed by atoms with van der Waals surface area (Å²) in [4.78, 5) is 23.1. The van der Waals surface area contributed by atoms with Crippen molar-refractivity contribution >= 4 is 17.2 Å². The molecule has 124 valence electrons. The van der Waals surface area contributed by atoms with E-state index >= 15 is 0 Å². The third kappa shape index (κ3) is 4.88. The monoisotopic (exact) mass is 342 g/mol. The first-order chi connectivity index (χ1) is 11.0. The lowest BCUT2D eigenvalue weighted by Crippen LogP contribution is -2.29. The molecule has 1 N–H and O–H groups in total. The van der Waals surface area contributed by atoms with E-state index in [0.717, 1.165) is 29.2 Å². The highest BCUT2D eigenvalue weighted by atomic mass is 32.1. The van der Waals surface area contributed by atoms with Gasteiger partial charge in [-0.1, -0.05) is 11.3 Å². The highest BCUT2D eigenvalue weighted by molar-refractivity contribution is 7.07. The van der Waals surface area contributed by atoms with Crippen LogP contribution in [0.5, 0.6) is 5.75 Å². The van der Waals surface area contributed by atoms with Gasteiger partial charge in [0, 0.05) is 30.1 Å². The maximum absolute atomic E-state index is 13.0. The average Bonchev–Trinajstić information content (AvgIpc) is 2.84. The lowest BCUT2D eigenvalue weighted by molar-refractivity contribution is -0.121. The number of halogens is 2. The normalized spacial score (nSPS) is 10.6. The summed E-state index contributed by atoms with van der Waals surface area (Å²) >= 11 is 1.10. The van der Waals surface area contributed by atoms with E-state index in [1.165, 1.54) is 6.07 Å². The lowest BCUT2D eigenvalue weighted by atomic mass is 10.3. The van der Waals surface area contributed by atoms with Gasteiger partial charge in [-0.25, -0.2) is 8.78 Å². The van der Waals surface area contributed by atoms with Crippen LogP contribution in [0.2, 0.25) is 0 Å². The number of carbonyl (C=O) groups is 1. The van der Waals surface area contributed by atoms with Gasteiger partial charge in [0.05, 0.1) is 6.54 Å². The van der Waals surface area contributed by atoms with Crippen molar-refractivity contribution in [1.82, 2.24) is 9.88 Å². The predicted molar refractivity (Wildman–Crippen MR) is 82.8 cm³/mol. The standard InChI is InChI=1S/C15H16F2N2O3S/c1-10-9-23-15(21)19(10)6-4-14(20)18-5-7-22-11-2-3-12(16)13(17)8-11/h2-3,8-9H,4-7H2,1H3,(H,18,20). The SMILES string of the molecule is Cc1csc(=O)n1CCC(=O)NCCOc1ccc(F)c(F)c1. The molecule has 0 spiro atoms. The van der Waals surface area contributed by atoms with Crippen molar-refractivity contribution in [2.45, 2.75) is 19.9 Å². The van der Waals surface area contributed by atoms with Gasteiger partial charge in [0.1, 0.15) is 12.4 Å². The van der Waals surface area contributed by atoms with Crippen molar-refractivity contribution in [3.05, 3.63) is 50.6 Å². The van der Waals surface area contributed by atoms with E-state index in [-0.39, 0.29) is 36.1 Å². The molecule has 0 fully saturated rings. The number of nitrogens with zero attached hydrogens (tertiary/aromatic N) is 1. The molecule has 0 saturated carbocycles. The molecule has 0 bridgehead atoms. The highest BCUT2D eigenvalue weighted by Gasteiger charge is 2.07. The molecule has 0 unspecified atom stereocenters. The minimum Gasteiger partial charge on any atom is -0.492 e. The van der Waals surface area contributed by atoms with E-state index in [1.54, 1.807) is 9.95 Å². The Hall–Kier alpha value is -2.22. The summed E-state index contributed by atoms with van der Waals surface area (Å²) in [5.74, 6) is -1.94. The number of aromatic nitrogens is 1. The maximum atomic E-state index is 13.0. The van der Waals surface area contributed by atoms with Crippen LogP contribution in [0.4, 0.5) is 8.78 Å². The fraction of sp³-hybridized carbons (Fsp3) is 0.333. The first kappa shape index (κ1) is 17.1. The third-order valence-electron chi connectivity index (χ3n) is 3.12. The molecule has 8 heteroatoms. The molecule has 2 aromatic rings. The molecule has 5 nitrogen and oxygen atoms in total. The molecule has 0 aliphatic heterocycles. The minimum absolute atomic E-state index is 0.0861. The third-order valence-corrected chi connectivity index (χ3v) is 4.00. The number of hydrogen-bond donors (Lipinski definition) is 1. The molecular weight excluding hydrogens is 326 g/mol. The Labute approximate surface area is 135 Å². The van der Waals surface area contributed by atoms with Crippen LogP contribution in [0, 0.1) is 18.6 Å². The highest BCUT2D eigenvalue weighted by Crippen LogP contribution is 2.14. The van der Waals surface area contributed by atoms with Crippen molar-refractivity contribution in [2.24, 2.45) is 0 Å². The lowest BCUT2D eigenvalue weighted by Gasteiger charge is -2.08. The predicted octanol–water partition coefficient (Wildman–Crippen LogP) is 2.08. The van der Waals surface area contributed by atoms with Crippen LogP contribution < -0.4 is 14.9 Å². The topological polar surface area (TPSA) is 60.3 Å². The van der Waals surface area contributed by atoms with Gasteiger partial charge in [0.25, 0.3) is 0 Å². The molecule has 0 aliphatic carbocycles. The van der Waals surface area contributed by atoms with Crippen LogP contribution in [-0.2, 0) is 11.3 Å². The van der Waals surface area contributed by atoms with Crippen LogP contribution in [0.15, 0.2) is 28.4 Å². The van der Waals surface area contributed by atoms with Gasteiger partial charge < -0.3 is 14.6 Å². The number of thiazole rings is 1. The summed E-state index contributed by atoms with van der Waals surface area (Å²) < 4.78 is 32.5. The van der Waals surface area contributed by atoms with Crippen LogP contribution in [0.25, 0.3) is 0 Å². The fourth-order valence-electron chi connectivity index (χ4n) is 1.90. The summed E-state index contributed by atoms with van der Waals surface area (Å²) in [6.45, 7) is 2.50. The summed E-state index contributed by atoms with van der Waals surface area (Å²) in [5.41, 5.74) is 0.828. The maximum Gasteiger partial charge on any atom is 0.307 e. The molecule has 23 heavy (non-hydrogen) atoms. The van der Waals surface area contributed by atoms with E-state index in [1.807, 2.05) is 6.92 Å². The van der Waals surface area contributed by atoms with E-state index in [0.29, 0.717) is 6.54 Å². The number of amides is 1. The quantitative estimate of drug-likeness (QED) is 0.784. The summed E-state index contributed by atoms with van der Waals surface area (Å²) in [7, 11) is 0. The molecule has 1 heterocycles. The fourth-order valence-corrected chi connectivity index (χ4v) is 2.66. The molecule has 0 aliphatic rings. The molecule has 0 saturated heterocycles. The average molecular weight is 342 g/mol. The van der Waals surface area contributed by atoms with Gasteiger partial charge in [0.2, 0.25) is 5.91 Å². The van der Waals surface area contributed by atoms with E-state index in [2.05, 4.69) is 5.32 Å². The molecule has 1 amide bonds. The first-order valence-electron chi connectivity index (χ1n) is 6.97. The Balaban J connectivity index is 1.69. The van der Waals surface area contributed by atoms with Gasteiger partial charge in [0.15, 0.2) is 11.6 Å². The molecule has 2 rings (SSSR count). The second kappa shape index (κ2) is 7.87. The van der Waals surface area contributed by atoms with Crippen molar-refractivity contribution < 1.29 is 18.3 Å². The largest absolute Gasteiger partial charge is 0.492 e. The van der Waals surface area contributed by atoms with Gasteiger partial charge in [-0.3, -0.25) is 9.59 Å². The van der Waals surface area contributed by atoms with Gasteiger partial charge in [-0.2, -0.15) is 0 Å². The van der Waals surface area contributed by atoms with Crippen LogP contribution in [0.1, 0.15) is 12.1 Å². The Morgan fingerprint density at radius 2 is 2.13 bits per heavy atom.